The quantitative estimate of drug-likeness (QED) is 0.887. The second-order valence-electron chi connectivity index (χ2n) is 8.74. The number of nitrogens with two attached hydrogens (primary N) is 1. The van der Waals surface area contributed by atoms with Crippen LogP contribution in [-0.4, -0.2) is 23.1 Å². The van der Waals surface area contributed by atoms with Gasteiger partial charge in [-0.25, -0.2) is 0 Å². The van der Waals surface area contributed by atoms with Crippen molar-refractivity contribution < 1.29 is 0 Å². The van der Waals surface area contributed by atoms with Gasteiger partial charge in [-0.15, -0.1) is 0 Å². The molecule has 3 heteroatoms. The summed E-state index contributed by atoms with van der Waals surface area (Å²) in [7, 11) is 0. The van der Waals surface area contributed by atoms with Crippen molar-refractivity contribution in [1.82, 2.24) is 4.98 Å². The second kappa shape index (κ2) is 6.70. The van der Waals surface area contributed by atoms with Gasteiger partial charge >= 0.3 is 0 Å². The van der Waals surface area contributed by atoms with Crippen LogP contribution in [0.15, 0.2) is 36.5 Å². The fourth-order valence-electron chi connectivity index (χ4n) is 4.94. The molecule has 138 valence electrons. The molecule has 2 aliphatic rings. The van der Waals surface area contributed by atoms with E-state index in [4.69, 9.17) is 5.73 Å². The van der Waals surface area contributed by atoms with E-state index in [1.807, 2.05) is 13.1 Å². The van der Waals surface area contributed by atoms with Crippen LogP contribution in [0.25, 0.3) is 0 Å². The molecule has 0 radical (unpaired) electrons. The van der Waals surface area contributed by atoms with Gasteiger partial charge in [0, 0.05) is 41.6 Å². The van der Waals surface area contributed by atoms with Gasteiger partial charge in [-0.1, -0.05) is 23.8 Å². The Hall–Kier alpha value is -1.87. The van der Waals surface area contributed by atoms with Crippen molar-refractivity contribution in [3.8, 4) is 0 Å². The number of fused-ring (bicyclic) bond motifs is 3. The molecule has 0 amide bonds. The molecular formula is C23H31N3. The zero-order valence-electron chi connectivity index (χ0n) is 16.3. The molecule has 1 aromatic carbocycles. The highest BCUT2D eigenvalue weighted by molar-refractivity contribution is 5.63. The molecule has 1 aromatic heterocycles. The van der Waals surface area contributed by atoms with Gasteiger partial charge in [0.2, 0.25) is 0 Å². The van der Waals surface area contributed by atoms with Gasteiger partial charge in [0.05, 0.1) is 0 Å². The first-order chi connectivity index (χ1) is 12.4. The van der Waals surface area contributed by atoms with Crippen molar-refractivity contribution in [3.05, 3.63) is 58.9 Å². The lowest BCUT2D eigenvalue weighted by molar-refractivity contribution is 0.383. The zero-order valence-corrected chi connectivity index (χ0v) is 16.3. The fourth-order valence-corrected chi connectivity index (χ4v) is 4.94. The highest BCUT2D eigenvalue weighted by Gasteiger charge is 2.42. The standard InChI is InChI=1S/C23H31N3/c1-16-6-9-22-19(13-16)20-14-23(3,24)11-4-5-21(20)26(22)12-10-18-8-7-17(2)25-15-18/h6-9,13,15,20-21H,4-5,10-12,14,24H2,1-3H3/t20-,21?,23?/m0/s1. The molecular weight excluding hydrogens is 318 g/mol. The number of aromatic nitrogens is 1. The molecule has 2 heterocycles. The van der Waals surface area contributed by atoms with E-state index in [1.54, 1.807) is 0 Å². The first kappa shape index (κ1) is 17.5. The van der Waals surface area contributed by atoms with Gasteiger partial charge in [0.15, 0.2) is 0 Å². The number of aryl methyl sites for hydroxylation is 2. The summed E-state index contributed by atoms with van der Waals surface area (Å²) in [5.74, 6) is 0.568. The number of hydrogen-bond donors (Lipinski definition) is 1. The van der Waals surface area contributed by atoms with E-state index >= 15 is 0 Å². The Morgan fingerprint density at radius 1 is 1.23 bits per heavy atom. The number of benzene rings is 1. The van der Waals surface area contributed by atoms with Crippen LogP contribution in [-0.2, 0) is 6.42 Å². The topological polar surface area (TPSA) is 42.1 Å². The molecule has 0 bridgehead atoms. The predicted molar refractivity (Wildman–Crippen MR) is 109 cm³/mol. The van der Waals surface area contributed by atoms with Crippen molar-refractivity contribution in [3.63, 3.8) is 0 Å². The molecule has 3 nitrogen and oxygen atoms in total. The van der Waals surface area contributed by atoms with Crippen LogP contribution in [0.3, 0.4) is 0 Å². The summed E-state index contributed by atoms with van der Waals surface area (Å²) in [6.07, 6.45) is 7.78. The highest BCUT2D eigenvalue weighted by Crippen LogP contribution is 2.48. The summed E-state index contributed by atoms with van der Waals surface area (Å²) < 4.78 is 0. The van der Waals surface area contributed by atoms with Gasteiger partial charge in [-0.2, -0.15) is 0 Å². The van der Waals surface area contributed by atoms with Gasteiger partial charge in [0.25, 0.3) is 0 Å². The van der Waals surface area contributed by atoms with E-state index in [2.05, 4.69) is 54.1 Å². The monoisotopic (exact) mass is 349 g/mol. The summed E-state index contributed by atoms with van der Waals surface area (Å²) in [4.78, 5) is 7.13. The Balaban J connectivity index is 1.62. The Morgan fingerprint density at radius 3 is 2.85 bits per heavy atom. The summed E-state index contributed by atoms with van der Waals surface area (Å²) in [5.41, 5.74) is 13.3. The molecule has 1 saturated carbocycles. The van der Waals surface area contributed by atoms with Gasteiger partial charge in [-0.05, 0) is 76.1 Å². The van der Waals surface area contributed by atoms with Crippen molar-refractivity contribution in [1.29, 1.82) is 0 Å². The van der Waals surface area contributed by atoms with E-state index in [-0.39, 0.29) is 5.54 Å². The molecule has 1 aliphatic heterocycles. The minimum Gasteiger partial charge on any atom is -0.367 e. The van der Waals surface area contributed by atoms with Crippen molar-refractivity contribution in [2.75, 3.05) is 11.4 Å². The second-order valence-corrected chi connectivity index (χ2v) is 8.74. The Bertz CT molecular complexity index is 779. The molecule has 2 aromatic rings. The lowest BCUT2D eigenvalue weighted by atomic mass is 9.83. The number of anilines is 1. The maximum absolute atomic E-state index is 6.63. The lowest BCUT2D eigenvalue weighted by Crippen LogP contribution is -2.39. The average Bonchev–Trinajstić information content (AvgIpc) is 2.75. The van der Waals surface area contributed by atoms with Crippen LogP contribution in [0, 0.1) is 13.8 Å². The normalized spacial score (nSPS) is 27.8. The first-order valence-corrected chi connectivity index (χ1v) is 10.0. The van der Waals surface area contributed by atoms with Crippen molar-refractivity contribution in [2.24, 2.45) is 5.73 Å². The molecule has 1 fully saturated rings. The average molecular weight is 350 g/mol. The third kappa shape index (κ3) is 3.37. The van der Waals surface area contributed by atoms with E-state index < -0.39 is 0 Å². The van der Waals surface area contributed by atoms with E-state index in [0.717, 1.165) is 31.5 Å². The van der Waals surface area contributed by atoms with Crippen LogP contribution in [0.2, 0.25) is 0 Å². The third-order valence-electron chi connectivity index (χ3n) is 6.30. The van der Waals surface area contributed by atoms with Crippen molar-refractivity contribution in [2.45, 2.75) is 70.4 Å². The Labute approximate surface area is 157 Å². The van der Waals surface area contributed by atoms with E-state index in [0.29, 0.717) is 12.0 Å². The molecule has 0 spiro atoms. The van der Waals surface area contributed by atoms with Crippen LogP contribution in [0.4, 0.5) is 5.69 Å². The summed E-state index contributed by atoms with van der Waals surface area (Å²) in [6, 6.07) is 11.9. The lowest BCUT2D eigenvalue weighted by Gasteiger charge is -2.30. The molecule has 26 heavy (non-hydrogen) atoms. The molecule has 2 unspecified atom stereocenters. The van der Waals surface area contributed by atoms with E-state index in [9.17, 15) is 0 Å². The molecule has 0 saturated heterocycles. The maximum Gasteiger partial charge on any atom is 0.0405 e. The predicted octanol–water partition coefficient (Wildman–Crippen LogP) is 4.50. The highest BCUT2D eigenvalue weighted by atomic mass is 15.2. The van der Waals surface area contributed by atoms with Crippen LogP contribution in [0.1, 0.15) is 60.9 Å². The summed E-state index contributed by atoms with van der Waals surface area (Å²) >= 11 is 0. The zero-order chi connectivity index (χ0) is 18.3. The molecule has 2 N–H and O–H groups in total. The fraction of sp³-hybridized carbons (Fsp3) is 0.522. The summed E-state index contributed by atoms with van der Waals surface area (Å²) in [5, 5.41) is 0. The smallest absolute Gasteiger partial charge is 0.0405 e. The number of nitrogens with zero attached hydrogens (tertiary/aromatic N) is 2. The van der Waals surface area contributed by atoms with Gasteiger partial charge < -0.3 is 10.6 Å². The molecule has 4 rings (SSSR count). The maximum atomic E-state index is 6.63. The number of rotatable bonds is 3. The number of hydrogen-bond acceptors (Lipinski definition) is 3. The first-order valence-electron chi connectivity index (χ1n) is 10.0. The minimum atomic E-state index is -0.0443. The van der Waals surface area contributed by atoms with E-state index in [1.165, 1.54) is 35.2 Å². The number of pyridine rings is 1. The Morgan fingerprint density at radius 2 is 2.08 bits per heavy atom. The van der Waals surface area contributed by atoms with Crippen LogP contribution in [0.5, 0.6) is 0 Å². The molecule has 1 aliphatic carbocycles. The SMILES string of the molecule is Cc1ccc2c(c1)[C@@H]1CC(C)(N)CCCC1N2CCc1ccc(C)nc1. The van der Waals surface area contributed by atoms with Crippen molar-refractivity contribution >= 4 is 5.69 Å². The Kier molecular flexibility index (Phi) is 4.52. The molecule has 3 atom stereocenters. The largest absolute Gasteiger partial charge is 0.367 e. The summed E-state index contributed by atoms with van der Waals surface area (Å²) in [6.45, 7) is 7.55. The minimum absolute atomic E-state index is 0.0443. The third-order valence-corrected chi connectivity index (χ3v) is 6.30. The van der Waals surface area contributed by atoms with Crippen LogP contribution < -0.4 is 10.6 Å². The van der Waals surface area contributed by atoms with Gasteiger partial charge in [0.1, 0.15) is 0 Å². The van der Waals surface area contributed by atoms with Crippen LogP contribution >= 0.6 is 0 Å². The van der Waals surface area contributed by atoms with Gasteiger partial charge in [-0.3, -0.25) is 4.98 Å².